The van der Waals surface area contributed by atoms with Crippen LogP contribution in [-0.4, -0.2) is 22.8 Å². The third-order valence-corrected chi connectivity index (χ3v) is 5.10. The minimum Gasteiger partial charge on any atom is -0.507 e. The Morgan fingerprint density at radius 2 is 1.66 bits per heavy atom. The highest BCUT2D eigenvalue weighted by Gasteiger charge is 2.24. The fraction of sp³-hybridized carbons (Fsp3) is 0.250. The van der Waals surface area contributed by atoms with Crippen LogP contribution in [0.5, 0.6) is 5.75 Å². The van der Waals surface area contributed by atoms with Crippen LogP contribution in [-0.2, 0) is 10.2 Å². The summed E-state index contributed by atoms with van der Waals surface area (Å²) in [6.45, 7) is 8.12. The van der Waals surface area contributed by atoms with Crippen LogP contribution in [0.25, 0.3) is 11.1 Å². The van der Waals surface area contributed by atoms with Crippen LogP contribution >= 0.6 is 0 Å². The molecule has 0 fully saturated rings. The molecule has 2 N–H and O–H groups in total. The van der Waals surface area contributed by atoms with Crippen molar-refractivity contribution in [1.82, 2.24) is 0 Å². The average Bonchev–Trinajstić information content (AvgIpc) is 2.78. The molecule has 32 heavy (non-hydrogen) atoms. The van der Waals surface area contributed by atoms with E-state index >= 15 is 0 Å². The maximum absolute atomic E-state index is 11.8. The summed E-state index contributed by atoms with van der Waals surface area (Å²) in [7, 11) is 0. The number of phenolic OH excluding ortho intramolecular Hbond substituents is 1. The largest absolute Gasteiger partial charge is 0.507 e. The molecule has 0 heterocycles. The van der Waals surface area contributed by atoms with Gasteiger partial charge in [-0.05, 0) is 59.9 Å². The number of esters is 1. The minimum absolute atomic E-state index is 0.0524. The number of benzene rings is 3. The molecular formula is C28H28O4. The van der Waals surface area contributed by atoms with Gasteiger partial charge in [0.25, 0.3) is 0 Å². The Kier molecular flexibility index (Phi) is 7.02. The number of aliphatic hydroxyl groups excluding tert-OH is 1. The third kappa shape index (κ3) is 5.38. The molecule has 0 radical (unpaired) electrons. The summed E-state index contributed by atoms with van der Waals surface area (Å²) < 4.78 is 4.98. The summed E-state index contributed by atoms with van der Waals surface area (Å²) in [5, 5.41) is 21.8. The lowest BCUT2D eigenvalue weighted by molar-refractivity contribution is 0.0526. The summed E-state index contributed by atoms with van der Waals surface area (Å²) >= 11 is 0. The Bertz CT molecular complexity index is 1140. The van der Waals surface area contributed by atoms with Gasteiger partial charge in [-0.15, -0.1) is 0 Å². The molecule has 0 aliphatic heterocycles. The van der Waals surface area contributed by atoms with Crippen LogP contribution in [0.15, 0.2) is 66.7 Å². The van der Waals surface area contributed by atoms with E-state index in [1.54, 1.807) is 37.3 Å². The van der Waals surface area contributed by atoms with Gasteiger partial charge < -0.3 is 14.9 Å². The fourth-order valence-electron chi connectivity index (χ4n) is 3.37. The van der Waals surface area contributed by atoms with Crippen LogP contribution in [0.3, 0.4) is 0 Å². The van der Waals surface area contributed by atoms with E-state index in [1.165, 1.54) is 0 Å². The molecule has 0 aliphatic carbocycles. The lowest BCUT2D eigenvalue weighted by atomic mass is 9.82. The van der Waals surface area contributed by atoms with Crippen molar-refractivity contribution in [3.8, 4) is 28.7 Å². The molecule has 3 rings (SSSR count). The zero-order valence-electron chi connectivity index (χ0n) is 18.8. The smallest absolute Gasteiger partial charge is 0.338 e. The first-order chi connectivity index (χ1) is 15.2. The van der Waals surface area contributed by atoms with Crippen LogP contribution in [0.4, 0.5) is 0 Å². The molecule has 0 saturated carbocycles. The predicted molar refractivity (Wildman–Crippen MR) is 126 cm³/mol. The molecular weight excluding hydrogens is 400 g/mol. The highest BCUT2D eigenvalue weighted by Crippen LogP contribution is 2.39. The maximum Gasteiger partial charge on any atom is 0.338 e. The number of phenols is 1. The van der Waals surface area contributed by atoms with E-state index in [0.717, 1.165) is 16.7 Å². The molecule has 1 unspecified atom stereocenters. The summed E-state index contributed by atoms with van der Waals surface area (Å²) in [6, 6.07) is 20.3. The number of carbonyl (C=O) groups excluding carboxylic acids is 1. The van der Waals surface area contributed by atoms with Gasteiger partial charge in [0.15, 0.2) is 0 Å². The normalized spacial score (nSPS) is 11.9. The Balaban J connectivity index is 1.96. The van der Waals surface area contributed by atoms with Crippen molar-refractivity contribution < 1.29 is 19.7 Å². The van der Waals surface area contributed by atoms with Crippen molar-refractivity contribution in [2.75, 3.05) is 6.61 Å². The first kappa shape index (κ1) is 23.1. The quantitative estimate of drug-likeness (QED) is 0.418. The van der Waals surface area contributed by atoms with Crippen LogP contribution in [0, 0.1) is 11.8 Å². The summed E-state index contributed by atoms with van der Waals surface area (Å²) in [4.78, 5) is 11.8. The fourth-order valence-corrected chi connectivity index (χ4v) is 3.37. The van der Waals surface area contributed by atoms with Crippen molar-refractivity contribution in [3.63, 3.8) is 0 Å². The number of hydrogen-bond acceptors (Lipinski definition) is 4. The minimum atomic E-state index is -1.18. The molecule has 0 bridgehead atoms. The van der Waals surface area contributed by atoms with Crippen molar-refractivity contribution in [3.05, 3.63) is 89.0 Å². The SMILES string of the molecule is CCOC(=O)c1ccc(C#CC(O)c2cc(-c3ccccc3)cc(C(C)(C)C)c2O)cc1. The number of aliphatic hydroxyl groups is 1. The highest BCUT2D eigenvalue weighted by molar-refractivity contribution is 5.89. The standard InChI is InChI=1S/C28H28O4/c1-5-32-27(31)21-14-11-19(12-15-21)13-16-25(29)23-17-22(20-9-7-6-8-10-20)18-24(26(23)30)28(2,3)4/h6-12,14-15,17-18,25,29-30H,5H2,1-4H3. The molecule has 4 nitrogen and oxygen atoms in total. The molecule has 3 aromatic rings. The van der Waals surface area contributed by atoms with Gasteiger partial charge in [-0.1, -0.05) is 62.9 Å². The number of hydrogen-bond donors (Lipinski definition) is 2. The van der Waals surface area contributed by atoms with Crippen LogP contribution in [0.2, 0.25) is 0 Å². The van der Waals surface area contributed by atoms with Crippen LogP contribution < -0.4 is 0 Å². The number of ether oxygens (including phenoxy) is 1. The second-order valence-corrected chi connectivity index (χ2v) is 8.55. The summed E-state index contributed by atoms with van der Waals surface area (Å²) in [5.41, 5.74) is 3.78. The topological polar surface area (TPSA) is 66.8 Å². The van der Waals surface area contributed by atoms with E-state index in [9.17, 15) is 15.0 Å². The maximum atomic E-state index is 11.8. The summed E-state index contributed by atoms with van der Waals surface area (Å²) in [5.74, 6) is 5.41. The molecule has 0 aliphatic rings. The van der Waals surface area contributed by atoms with Crippen molar-refractivity contribution >= 4 is 5.97 Å². The van der Waals surface area contributed by atoms with E-state index in [0.29, 0.717) is 23.3 Å². The molecule has 1 atom stereocenters. The van der Waals surface area contributed by atoms with Crippen molar-refractivity contribution in [1.29, 1.82) is 0 Å². The second-order valence-electron chi connectivity index (χ2n) is 8.55. The Morgan fingerprint density at radius 1 is 1.00 bits per heavy atom. The first-order valence-electron chi connectivity index (χ1n) is 10.6. The van der Waals surface area contributed by atoms with Gasteiger partial charge in [-0.3, -0.25) is 0 Å². The predicted octanol–water partition coefficient (Wildman–Crippen LogP) is 5.62. The van der Waals surface area contributed by atoms with Gasteiger partial charge >= 0.3 is 5.97 Å². The summed E-state index contributed by atoms with van der Waals surface area (Å²) in [6.07, 6.45) is -1.18. The van der Waals surface area contributed by atoms with E-state index in [4.69, 9.17) is 4.74 Å². The van der Waals surface area contributed by atoms with Gasteiger partial charge in [0.2, 0.25) is 0 Å². The van der Waals surface area contributed by atoms with E-state index < -0.39 is 6.10 Å². The molecule has 0 spiro atoms. The van der Waals surface area contributed by atoms with Gasteiger partial charge in [0, 0.05) is 16.7 Å². The number of rotatable bonds is 4. The number of aromatic hydroxyl groups is 1. The molecule has 3 aromatic carbocycles. The van der Waals surface area contributed by atoms with Crippen molar-refractivity contribution in [2.24, 2.45) is 0 Å². The van der Waals surface area contributed by atoms with Gasteiger partial charge in [0.1, 0.15) is 11.9 Å². The lowest BCUT2D eigenvalue weighted by Gasteiger charge is -2.24. The first-order valence-corrected chi connectivity index (χ1v) is 10.6. The molecule has 0 aromatic heterocycles. The zero-order chi connectivity index (χ0) is 23.3. The Morgan fingerprint density at radius 3 is 2.25 bits per heavy atom. The number of carbonyl (C=O) groups is 1. The van der Waals surface area contributed by atoms with Gasteiger partial charge in [-0.25, -0.2) is 4.79 Å². The average molecular weight is 429 g/mol. The van der Waals surface area contributed by atoms with Gasteiger partial charge in [-0.2, -0.15) is 0 Å². The zero-order valence-corrected chi connectivity index (χ0v) is 18.8. The van der Waals surface area contributed by atoms with Crippen LogP contribution in [0.1, 0.15) is 60.8 Å². The van der Waals surface area contributed by atoms with E-state index in [-0.39, 0.29) is 17.1 Å². The lowest BCUT2D eigenvalue weighted by Crippen LogP contribution is -2.13. The molecule has 0 amide bonds. The second kappa shape index (κ2) is 9.72. The monoisotopic (exact) mass is 428 g/mol. The molecule has 4 heteroatoms. The van der Waals surface area contributed by atoms with E-state index in [2.05, 4.69) is 11.8 Å². The Hall–Kier alpha value is -3.55. The van der Waals surface area contributed by atoms with E-state index in [1.807, 2.05) is 57.2 Å². The Labute approximate surface area is 189 Å². The molecule has 0 saturated heterocycles. The van der Waals surface area contributed by atoms with Gasteiger partial charge in [0.05, 0.1) is 12.2 Å². The third-order valence-electron chi connectivity index (χ3n) is 5.10. The highest BCUT2D eigenvalue weighted by atomic mass is 16.5. The van der Waals surface area contributed by atoms with Crippen molar-refractivity contribution in [2.45, 2.75) is 39.2 Å². The molecule has 164 valence electrons.